The topological polar surface area (TPSA) is 6.48 Å². The van der Waals surface area contributed by atoms with Crippen LogP contribution in [0.4, 0.5) is 34.1 Å². The molecule has 1 atom stereocenters. The summed E-state index contributed by atoms with van der Waals surface area (Å²) in [6, 6.07) is 98.4. The third kappa shape index (κ3) is 6.93. The quantitative estimate of drug-likeness (QED) is 0.150. The van der Waals surface area contributed by atoms with Gasteiger partial charge in [0.05, 0.1) is 11.1 Å². The van der Waals surface area contributed by atoms with Crippen LogP contribution in [0.25, 0.3) is 65.7 Å². The van der Waals surface area contributed by atoms with Gasteiger partial charge in [-0.15, -0.1) is 0 Å². The largest absolute Gasteiger partial charge is 0.310 e. The maximum Gasteiger partial charge on any atom is 0.0727 e. The molecule has 12 aromatic rings. The van der Waals surface area contributed by atoms with E-state index >= 15 is 0 Å². The van der Waals surface area contributed by atoms with Crippen LogP contribution in [-0.4, -0.2) is 0 Å². The second kappa shape index (κ2) is 17.6. The van der Waals surface area contributed by atoms with E-state index in [1.807, 2.05) is 0 Å². The summed E-state index contributed by atoms with van der Waals surface area (Å²) >= 11 is 0. The summed E-state index contributed by atoms with van der Waals surface area (Å²) in [6.07, 6.45) is 6.56. The van der Waals surface area contributed by atoms with Crippen molar-refractivity contribution in [3.63, 3.8) is 0 Å². The molecule has 75 heavy (non-hydrogen) atoms. The fourth-order valence-corrected chi connectivity index (χ4v) is 13.6. The lowest BCUT2D eigenvalue weighted by atomic mass is 9.70. The fraction of sp³-hybridized carbons (Fsp3) is 0.0959. The van der Waals surface area contributed by atoms with Gasteiger partial charge in [-0.25, -0.2) is 0 Å². The predicted octanol–water partition coefficient (Wildman–Crippen LogP) is 20.1. The van der Waals surface area contributed by atoms with Gasteiger partial charge in [-0.1, -0.05) is 207 Å². The molecule has 0 amide bonds. The molecule has 0 saturated heterocycles. The lowest BCUT2D eigenvalue weighted by Crippen LogP contribution is -2.26. The highest BCUT2D eigenvalue weighted by Crippen LogP contribution is 2.64. The van der Waals surface area contributed by atoms with Crippen molar-refractivity contribution in [1.29, 1.82) is 0 Å². The molecule has 0 heterocycles. The van der Waals surface area contributed by atoms with Crippen molar-refractivity contribution < 1.29 is 0 Å². The molecule has 15 rings (SSSR count). The van der Waals surface area contributed by atoms with Gasteiger partial charge in [0.15, 0.2) is 0 Å². The number of hydrogen-bond donors (Lipinski definition) is 0. The van der Waals surface area contributed by atoms with Gasteiger partial charge in [0.25, 0.3) is 0 Å². The van der Waals surface area contributed by atoms with Gasteiger partial charge >= 0.3 is 0 Å². The van der Waals surface area contributed by atoms with Crippen LogP contribution in [-0.2, 0) is 5.41 Å². The monoisotopic (exact) mass is 958 g/mol. The summed E-state index contributed by atoms with van der Waals surface area (Å²) in [4.78, 5) is 5.00. The summed E-state index contributed by atoms with van der Waals surface area (Å²) in [5.41, 5.74) is 20.5. The third-order valence-corrected chi connectivity index (χ3v) is 17.0. The average Bonchev–Trinajstić information content (AvgIpc) is 3.94. The van der Waals surface area contributed by atoms with Gasteiger partial charge in [0.1, 0.15) is 0 Å². The molecule has 12 aromatic carbocycles. The molecule has 1 unspecified atom stereocenters. The highest BCUT2D eigenvalue weighted by molar-refractivity contribution is 6.07. The van der Waals surface area contributed by atoms with Gasteiger partial charge in [0, 0.05) is 34.0 Å². The molecular weight excluding hydrogens is 905 g/mol. The zero-order valence-electron chi connectivity index (χ0n) is 41.8. The summed E-state index contributed by atoms with van der Waals surface area (Å²) in [5, 5.41) is 7.37. The van der Waals surface area contributed by atoms with Gasteiger partial charge in [-0.3, -0.25) is 0 Å². The summed E-state index contributed by atoms with van der Waals surface area (Å²) in [6.45, 7) is 0. The number of para-hydroxylation sites is 1. The maximum absolute atomic E-state index is 2.54. The molecule has 1 fully saturated rings. The van der Waals surface area contributed by atoms with Crippen LogP contribution in [0.3, 0.4) is 0 Å². The van der Waals surface area contributed by atoms with Gasteiger partial charge in [-0.2, -0.15) is 0 Å². The molecule has 2 nitrogen and oxygen atoms in total. The number of anilines is 6. The van der Waals surface area contributed by atoms with E-state index in [9.17, 15) is 0 Å². The van der Waals surface area contributed by atoms with E-state index in [4.69, 9.17) is 0 Å². The first-order valence-electron chi connectivity index (χ1n) is 26.9. The summed E-state index contributed by atoms with van der Waals surface area (Å²) in [7, 11) is 0. The Morgan fingerprint density at radius 2 is 0.787 bits per heavy atom. The van der Waals surface area contributed by atoms with E-state index < -0.39 is 5.41 Å². The molecular formula is C73H54N2. The van der Waals surface area contributed by atoms with Crippen molar-refractivity contribution in [2.75, 3.05) is 9.80 Å². The van der Waals surface area contributed by atoms with E-state index in [0.29, 0.717) is 5.92 Å². The molecule has 0 aliphatic heterocycles. The fourth-order valence-electron chi connectivity index (χ4n) is 13.6. The number of rotatable bonds is 8. The van der Waals surface area contributed by atoms with Crippen LogP contribution in [0.2, 0.25) is 0 Å². The zero-order valence-corrected chi connectivity index (χ0v) is 41.8. The Morgan fingerprint density at radius 3 is 1.47 bits per heavy atom. The predicted molar refractivity (Wildman–Crippen MR) is 316 cm³/mol. The summed E-state index contributed by atoms with van der Waals surface area (Å²) in [5.74, 6) is 0.636. The minimum absolute atomic E-state index is 0.601. The molecule has 1 saturated carbocycles. The second-order valence-corrected chi connectivity index (χ2v) is 21.0. The van der Waals surface area contributed by atoms with Crippen LogP contribution in [0.15, 0.2) is 261 Å². The number of hydrogen-bond acceptors (Lipinski definition) is 2. The van der Waals surface area contributed by atoms with Crippen molar-refractivity contribution in [2.24, 2.45) is 0 Å². The Labute approximate surface area is 439 Å². The maximum atomic E-state index is 2.54. The van der Waals surface area contributed by atoms with Crippen LogP contribution in [0, 0.1) is 0 Å². The Hall–Kier alpha value is -8.98. The van der Waals surface area contributed by atoms with E-state index in [1.54, 1.807) is 0 Å². The van der Waals surface area contributed by atoms with Crippen LogP contribution < -0.4 is 9.80 Å². The van der Waals surface area contributed by atoms with Gasteiger partial charge < -0.3 is 9.80 Å². The molecule has 356 valence electrons. The average molecular weight is 959 g/mol. The summed E-state index contributed by atoms with van der Waals surface area (Å²) < 4.78 is 0. The van der Waals surface area contributed by atoms with Crippen LogP contribution in [0.5, 0.6) is 0 Å². The zero-order chi connectivity index (χ0) is 49.5. The molecule has 1 spiro atoms. The van der Waals surface area contributed by atoms with Crippen molar-refractivity contribution >= 4 is 66.4 Å². The van der Waals surface area contributed by atoms with E-state index in [-0.39, 0.29) is 0 Å². The van der Waals surface area contributed by atoms with Crippen molar-refractivity contribution in [2.45, 2.75) is 43.4 Å². The van der Waals surface area contributed by atoms with E-state index in [2.05, 4.69) is 271 Å². The van der Waals surface area contributed by atoms with Crippen molar-refractivity contribution in [3.8, 4) is 33.4 Å². The molecule has 0 N–H and O–H groups in total. The Morgan fingerprint density at radius 1 is 0.307 bits per heavy atom. The lowest BCUT2D eigenvalue weighted by molar-refractivity contribution is 0.443. The first kappa shape index (κ1) is 43.6. The SMILES string of the molecule is c1ccc(N(c2ccc3c(c2)C2(c4ccccc4-c4ccc(N(c5ccc(C6CCCCC6)cc5)c5ccc6ccccc6c5)cc42)c2ccccc2-3)c2ccc3ccccc3c2-c2ccc3ccccc3c2)cc1. The van der Waals surface area contributed by atoms with Crippen molar-refractivity contribution in [1.82, 2.24) is 0 Å². The third-order valence-electron chi connectivity index (χ3n) is 17.0. The highest BCUT2D eigenvalue weighted by atomic mass is 15.1. The Balaban J connectivity index is 0.960. The minimum atomic E-state index is -0.601. The number of nitrogens with zero attached hydrogens (tertiary/aromatic N) is 2. The van der Waals surface area contributed by atoms with E-state index in [0.717, 1.165) is 28.4 Å². The molecule has 0 aromatic heterocycles. The highest BCUT2D eigenvalue weighted by Gasteiger charge is 2.52. The van der Waals surface area contributed by atoms with Crippen LogP contribution in [0.1, 0.15) is 65.8 Å². The van der Waals surface area contributed by atoms with Crippen LogP contribution >= 0.6 is 0 Å². The van der Waals surface area contributed by atoms with E-state index in [1.165, 1.54) is 131 Å². The van der Waals surface area contributed by atoms with Gasteiger partial charge in [-0.05, 0) is 180 Å². The van der Waals surface area contributed by atoms with Crippen molar-refractivity contribution in [3.05, 3.63) is 289 Å². The molecule has 0 radical (unpaired) electrons. The number of benzene rings is 12. The standard InChI is InChI=1S/C73H54N2/c1-3-17-49(18-4-1)52-33-37-58(38-34-52)74(59-39-35-51-20-8-10-23-55(51)46-59)60-40-42-65-63-27-13-15-29-67(63)73(69(65)47-60)68-30-16-14-28-64(68)66-43-41-61(48-70(66)73)75(57-24-5-2-6-25-57)71-44-36-53-21-11-12-26-62(53)72(71)56-32-31-50-19-7-9-22-54(50)45-56/h2,5-16,19-49H,1,3-4,17-18H2. The van der Waals surface area contributed by atoms with Gasteiger partial charge in [0.2, 0.25) is 0 Å². The molecule has 3 aliphatic carbocycles. The molecule has 3 aliphatic rings. The smallest absolute Gasteiger partial charge is 0.0727 e. The lowest BCUT2D eigenvalue weighted by Gasteiger charge is -2.34. The first-order valence-corrected chi connectivity index (χ1v) is 26.9. The number of fused-ring (bicyclic) bond motifs is 13. The normalized spacial score (nSPS) is 15.5. The molecule has 0 bridgehead atoms. The first-order chi connectivity index (χ1) is 37.2. The minimum Gasteiger partial charge on any atom is -0.310 e. The Kier molecular flexibility index (Phi) is 10.2. The Bertz CT molecular complexity index is 4170. The molecule has 2 heteroatoms. The second-order valence-electron chi connectivity index (χ2n) is 21.0.